The van der Waals surface area contributed by atoms with E-state index in [1.165, 1.54) is 25.6 Å². The molecule has 10 nitrogen and oxygen atoms in total. The van der Waals surface area contributed by atoms with Gasteiger partial charge in [-0.05, 0) is 57.7 Å². The Morgan fingerprint density at radius 2 is 1.76 bits per heavy atom. The van der Waals surface area contributed by atoms with Gasteiger partial charge in [0.2, 0.25) is 5.75 Å². The maximum absolute atomic E-state index is 14.8. The summed E-state index contributed by atoms with van der Waals surface area (Å²) in [5.74, 6) is -0.867. The van der Waals surface area contributed by atoms with Gasteiger partial charge in [0.25, 0.3) is 11.8 Å². The van der Waals surface area contributed by atoms with E-state index < -0.39 is 20.9 Å². The smallest absolute Gasteiger partial charge is 0.410 e. The van der Waals surface area contributed by atoms with Crippen LogP contribution in [-0.4, -0.2) is 66.0 Å². The zero-order valence-electron chi connectivity index (χ0n) is 20.9. The molecule has 5 rings (SSSR count). The lowest BCUT2D eigenvalue weighted by molar-refractivity contribution is 0.0201. The van der Waals surface area contributed by atoms with Crippen LogP contribution in [0.3, 0.4) is 0 Å². The van der Waals surface area contributed by atoms with Crippen molar-refractivity contribution in [3.63, 3.8) is 0 Å². The molecule has 3 atom stereocenters. The fourth-order valence-electron chi connectivity index (χ4n) is 5.03. The summed E-state index contributed by atoms with van der Waals surface area (Å²) in [7, 11) is -2.13. The minimum Gasteiger partial charge on any atom is -0.487 e. The van der Waals surface area contributed by atoms with Crippen LogP contribution < -0.4 is 14.2 Å². The number of benzene rings is 1. The molecule has 1 amide bonds. The van der Waals surface area contributed by atoms with Crippen molar-refractivity contribution in [2.24, 2.45) is 0 Å². The second kappa shape index (κ2) is 9.96. The van der Waals surface area contributed by atoms with Crippen molar-refractivity contribution in [1.29, 1.82) is 0 Å². The number of hydrogen-bond acceptors (Lipinski definition) is 9. The zero-order valence-corrected chi connectivity index (χ0v) is 21.7. The third kappa shape index (κ3) is 5.16. The van der Waals surface area contributed by atoms with Gasteiger partial charge in [0.15, 0.2) is 21.4 Å². The minimum absolute atomic E-state index is 0.0121. The Balaban J connectivity index is 1.30. The van der Waals surface area contributed by atoms with Crippen LogP contribution in [0.5, 0.6) is 23.3 Å². The number of fused-ring (bicyclic) bond motifs is 2. The summed E-state index contributed by atoms with van der Waals surface area (Å²) >= 11 is 0. The van der Waals surface area contributed by atoms with E-state index in [0.717, 1.165) is 18.9 Å². The molecule has 1 unspecified atom stereocenters. The van der Waals surface area contributed by atoms with Gasteiger partial charge < -0.3 is 23.8 Å². The molecule has 1 saturated carbocycles. The SMILES string of the molecule is COc1c(Oc2ccc(S(=O)(=O)C3CC3)cc2F)ncnc1O[C@H]1CC2CC[C@@H](C1)N2C(=O)OC(C)C. The average molecular weight is 536 g/mol. The maximum Gasteiger partial charge on any atom is 0.410 e. The molecule has 2 aromatic rings. The normalized spacial score (nSPS) is 23.2. The first kappa shape index (κ1) is 25.5. The molecule has 0 N–H and O–H groups in total. The molecule has 0 spiro atoms. The van der Waals surface area contributed by atoms with Crippen molar-refractivity contribution < 1.29 is 36.6 Å². The van der Waals surface area contributed by atoms with Crippen molar-refractivity contribution in [1.82, 2.24) is 14.9 Å². The van der Waals surface area contributed by atoms with Gasteiger partial charge in [-0.15, -0.1) is 0 Å². The lowest BCUT2D eigenvalue weighted by Crippen LogP contribution is -2.49. The van der Waals surface area contributed by atoms with Crippen molar-refractivity contribution in [3.8, 4) is 23.3 Å². The van der Waals surface area contributed by atoms with E-state index in [1.54, 1.807) is 0 Å². The second-order valence-corrected chi connectivity index (χ2v) is 12.1. The van der Waals surface area contributed by atoms with Gasteiger partial charge in [-0.1, -0.05) is 0 Å². The number of amides is 1. The zero-order chi connectivity index (χ0) is 26.3. The highest BCUT2D eigenvalue weighted by Crippen LogP contribution is 2.42. The molecule has 0 radical (unpaired) electrons. The monoisotopic (exact) mass is 535 g/mol. The second-order valence-electron chi connectivity index (χ2n) is 9.89. The quantitative estimate of drug-likeness (QED) is 0.488. The van der Waals surface area contributed by atoms with Crippen LogP contribution in [-0.2, 0) is 14.6 Å². The van der Waals surface area contributed by atoms with Gasteiger partial charge in [0.05, 0.1) is 23.4 Å². The summed E-state index contributed by atoms with van der Waals surface area (Å²) in [6.45, 7) is 3.65. The Morgan fingerprint density at radius 3 is 2.35 bits per heavy atom. The van der Waals surface area contributed by atoms with E-state index in [0.29, 0.717) is 25.7 Å². The van der Waals surface area contributed by atoms with Gasteiger partial charge in [0.1, 0.15) is 12.4 Å². The molecule has 1 aliphatic carbocycles. The largest absolute Gasteiger partial charge is 0.487 e. The third-order valence-electron chi connectivity index (χ3n) is 6.86. The average Bonchev–Trinajstić information content (AvgIpc) is 3.66. The number of piperidine rings is 1. The van der Waals surface area contributed by atoms with Gasteiger partial charge in [-0.3, -0.25) is 0 Å². The summed E-state index contributed by atoms with van der Waals surface area (Å²) in [4.78, 5) is 22.5. The number of hydrogen-bond donors (Lipinski definition) is 0. The highest BCUT2D eigenvalue weighted by molar-refractivity contribution is 7.92. The minimum atomic E-state index is -3.53. The lowest BCUT2D eigenvalue weighted by Gasteiger charge is -2.38. The van der Waals surface area contributed by atoms with E-state index in [1.807, 2.05) is 18.7 Å². The molecular weight excluding hydrogens is 505 g/mol. The molecule has 3 fully saturated rings. The van der Waals surface area contributed by atoms with Gasteiger partial charge in [-0.25, -0.2) is 17.6 Å². The summed E-state index contributed by atoms with van der Waals surface area (Å²) in [5, 5.41) is -0.441. The Hall–Kier alpha value is -3.15. The number of rotatable bonds is 8. The van der Waals surface area contributed by atoms with Crippen LogP contribution in [0.1, 0.15) is 52.4 Å². The standard InChI is InChI=1S/C25H30FN3O7S/c1-14(2)34-25(30)29-15-4-5-16(29)11-17(10-15)35-23-22(33-3)24(28-13-27-23)36-21-9-8-19(12-20(21)26)37(31,32)18-6-7-18/h8-9,12-18H,4-7,10-11H2,1-3H3/t15-,16?,17+/m0/s1. The highest BCUT2D eigenvalue weighted by Gasteiger charge is 2.45. The van der Waals surface area contributed by atoms with Crippen molar-refractivity contribution in [2.75, 3.05) is 7.11 Å². The number of nitrogens with zero attached hydrogens (tertiary/aromatic N) is 3. The number of methoxy groups -OCH3 is 1. The number of carbonyl (C=O) groups is 1. The van der Waals surface area contributed by atoms with Gasteiger partial charge >= 0.3 is 6.09 Å². The molecule has 2 bridgehead atoms. The van der Waals surface area contributed by atoms with E-state index in [9.17, 15) is 17.6 Å². The highest BCUT2D eigenvalue weighted by atomic mass is 32.2. The molecule has 1 aromatic carbocycles. The topological polar surface area (TPSA) is 117 Å². The molecule has 3 heterocycles. The van der Waals surface area contributed by atoms with E-state index in [4.69, 9.17) is 18.9 Å². The Bertz CT molecular complexity index is 1270. The fourth-order valence-corrected chi connectivity index (χ4v) is 6.70. The summed E-state index contributed by atoms with van der Waals surface area (Å²) in [5.41, 5.74) is 0. The van der Waals surface area contributed by atoms with Crippen LogP contribution in [0, 0.1) is 5.82 Å². The number of sulfone groups is 1. The molecular formula is C25H30FN3O7S. The molecule has 37 heavy (non-hydrogen) atoms. The first-order chi connectivity index (χ1) is 17.7. The van der Waals surface area contributed by atoms with Crippen LogP contribution in [0.15, 0.2) is 29.4 Å². The van der Waals surface area contributed by atoms with Crippen LogP contribution in [0.4, 0.5) is 9.18 Å². The Kier molecular flexibility index (Phi) is 6.86. The molecule has 12 heteroatoms. The molecule has 2 aliphatic heterocycles. The first-order valence-corrected chi connectivity index (χ1v) is 14.0. The van der Waals surface area contributed by atoms with Crippen molar-refractivity contribution in [2.45, 2.75) is 86.8 Å². The maximum atomic E-state index is 14.8. The van der Waals surface area contributed by atoms with Crippen molar-refractivity contribution >= 4 is 15.9 Å². The lowest BCUT2D eigenvalue weighted by atomic mass is 10.0. The number of aromatic nitrogens is 2. The van der Waals surface area contributed by atoms with Crippen LogP contribution in [0.2, 0.25) is 0 Å². The summed E-state index contributed by atoms with van der Waals surface area (Å²) in [6, 6.07) is 3.57. The predicted molar refractivity (Wildman–Crippen MR) is 129 cm³/mol. The number of carbonyl (C=O) groups excluding carboxylic acids is 1. The van der Waals surface area contributed by atoms with E-state index in [-0.39, 0.29) is 58.5 Å². The van der Waals surface area contributed by atoms with Crippen molar-refractivity contribution in [3.05, 3.63) is 30.3 Å². The third-order valence-corrected chi connectivity index (χ3v) is 9.12. The molecule has 1 aromatic heterocycles. The Labute approximate surface area is 215 Å². The van der Waals surface area contributed by atoms with Gasteiger partial charge in [-0.2, -0.15) is 9.97 Å². The van der Waals surface area contributed by atoms with E-state index >= 15 is 0 Å². The molecule has 2 saturated heterocycles. The van der Waals surface area contributed by atoms with E-state index in [2.05, 4.69) is 9.97 Å². The molecule has 3 aliphatic rings. The van der Waals surface area contributed by atoms with Crippen LogP contribution in [0.25, 0.3) is 0 Å². The summed E-state index contributed by atoms with van der Waals surface area (Å²) < 4.78 is 62.3. The summed E-state index contributed by atoms with van der Waals surface area (Å²) in [6.07, 6.45) is 4.66. The Morgan fingerprint density at radius 1 is 1.08 bits per heavy atom. The number of ether oxygens (including phenoxy) is 4. The first-order valence-electron chi connectivity index (χ1n) is 12.4. The van der Waals surface area contributed by atoms with Gasteiger partial charge in [0, 0.05) is 24.9 Å². The van der Waals surface area contributed by atoms with Crippen LogP contribution >= 0.6 is 0 Å². The fraction of sp³-hybridized carbons (Fsp3) is 0.560. The number of halogens is 1. The predicted octanol–water partition coefficient (Wildman–Crippen LogP) is 4.27. The molecule has 200 valence electrons.